The van der Waals surface area contributed by atoms with Crippen LogP contribution in [0.2, 0.25) is 0 Å². The summed E-state index contributed by atoms with van der Waals surface area (Å²) in [5.74, 6) is -0.385. The zero-order chi connectivity index (χ0) is 21.8. The van der Waals surface area contributed by atoms with Crippen LogP contribution >= 0.6 is 0 Å². The second-order valence-electron chi connectivity index (χ2n) is 9.43. The topological polar surface area (TPSA) is 56.6 Å². The number of morpholine rings is 1. The van der Waals surface area contributed by atoms with Gasteiger partial charge in [-0.05, 0) is 57.7 Å². The molecule has 0 N–H and O–H groups in total. The number of amides is 1. The van der Waals surface area contributed by atoms with Crippen LogP contribution in [0.1, 0.15) is 60.4 Å². The van der Waals surface area contributed by atoms with Gasteiger partial charge in [-0.3, -0.25) is 4.79 Å². The van der Waals surface area contributed by atoms with E-state index >= 15 is 0 Å². The van der Waals surface area contributed by atoms with Crippen LogP contribution in [0.5, 0.6) is 0 Å². The van der Waals surface area contributed by atoms with Crippen molar-refractivity contribution in [2.45, 2.75) is 70.7 Å². The largest absolute Gasteiger partial charge is 0.378 e. The van der Waals surface area contributed by atoms with Crippen LogP contribution < -0.4 is 0 Å². The van der Waals surface area contributed by atoms with E-state index < -0.39 is 0 Å². The molecule has 31 heavy (non-hydrogen) atoms. The monoisotopic (exact) mass is 427 g/mol. The number of carbonyl (C=O) groups excluding carboxylic acids is 1. The zero-order valence-corrected chi connectivity index (χ0v) is 18.5. The highest BCUT2D eigenvalue weighted by Crippen LogP contribution is 2.36. The summed E-state index contributed by atoms with van der Waals surface area (Å²) >= 11 is 0. The van der Waals surface area contributed by atoms with Gasteiger partial charge in [-0.1, -0.05) is 6.07 Å². The number of nitrogens with zero attached hydrogens (tertiary/aromatic N) is 3. The Kier molecular flexibility index (Phi) is 5.13. The molecule has 1 aromatic carbocycles. The van der Waals surface area contributed by atoms with Crippen molar-refractivity contribution in [2.75, 3.05) is 19.7 Å². The smallest absolute Gasteiger partial charge is 0.274 e. The van der Waals surface area contributed by atoms with Gasteiger partial charge in [0.2, 0.25) is 0 Å². The quantitative estimate of drug-likeness (QED) is 0.735. The van der Waals surface area contributed by atoms with Crippen molar-refractivity contribution in [3.05, 3.63) is 46.5 Å². The summed E-state index contributed by atoms with van der Waals surface area (Å²) in [5, 5.41) is 4.66. The SMILES string of the molecule is Cc1ccc(-n2nc(C(=O)N3CC(C)OC4(CCOC(C)C4)C3)c3c2CCC3)c(F)c1. The Morgan fingerprint density at radius 3 is 2.87 bits per heavy atom. The van der Waals surface area contributed by atoms with Crippen LogP contribution in [0.4, 0.5) is 4.39 Å². The van der Waals surface area contributed by atoms with Crippen molar-refractivity contribution >= 4 is 5.91 Å². The summed E-state index contributed by atoms with van der Waals surface area (Å²) < 4.78 is 28.4. The molecule has 0 bridgehead atoms. The number of carbonyl (C=O) groups is 1. The number of ether oxygens (including phenoxy) is 2. The first kappa shape index (κ1) is 20.6. The second kappa shape index (κ2) is 7.71. The first-order valence-corrected chi connectivity index (χ1v) is 11.3. The number of hydrogen-bond acceptors (Lipinski definition) is 4. The fraction of sp³-hybridized carbons (Fsp3) is 0.583. The molecule has 7 heteroatoms. The molecular weight excluding hydrogens is 397 g/mol. The van der Waals surface area contributed by atoms with Crippen molar-refractivity contribution in [3.63, 3.8) is 0 Å². The number of benzene rings is 1. The van der Waals surface area contributed by atoms with E-state index in [1.54, 1.807) is 10.7 Å². The third kappa shape index (κ3) is 3.68. The lowest BCUT2D eigenvalue weighted by Crippen LogP contribution is -2.59. The number of hydrogen-bond donors (Lipinski definition) is 0. The van der Waals surface area contributed by atoms with Crippen LogP contribution in [0.3, 0.4) is 0 Å². The van der Waals surface area contributed by atoms with Gasteiger partial charge in [0.1, 0.15) is 11.5 Å². The first-order valence-electron chi connectivity index (χ1n) is 11.3. The molecule has 3 heterocycles. The van der Waals surface area contributed by atoms with E-state index in [0.717, 1.165) is 48.9 Å². The Hall–Kier alpha value is -2.25. The van der Waals surface area contributed by atoms with Crippen LogP contribution in [0.15, 0.2) is 18.2 Å². The molecule has 5 rings (SSSR count). The summed E-state index contributed by atoms with van der Waals surface area (Å²) in [6, 6.07) is 5.14. The van der Waals surface area contributed by atoms with Crippen molar-refractivity contribution < 1.29 is 18.7 Å². The van der Waals surface area contributed by atoms with Gasteiger partial charge in [-0.15, -0.1) is 0 Å². The van der Waals surface area contributed by atoms with E-state index in [1.807, 2.05) is 24.8 Å². The minimum atomic E-state index is -0.361. The highest BCUT2D eigenvalue weighted by Gasteiger charge is 2.45. The maximum atomic E-state index is 14.7. The summed E-state index contributed by atoms with van der Waals surface area (Å²) in [5.41, 5.74) is 3.31. The number of halogens is 1. The predicted molar refractivity (Wildman–Crippen MR) is 114 cm³/mol. The molecule has 0 saturated carbocycles. The van der Waals surface area contributed by atoms with Crippen LogP contribution in [0.25, 0.3) is 5.69 Å². The van der Waals surface area contributed by atoms with E-state index in [0.29, 0.717) is 31.1 Å². The van der Waals surface area contributed by atoms with Gasteiger partial charge in [0.25, 0.3) is 5.91 Å². The Bertz CT molecular complexity index is 1020. The van der Waals surface area contributed by atoms with Crippen LogP contribution in [-0.4, -0.2) is 58.1 Å². The number of fused-ring (bicyclic) bond motifs is 1. The van der Waals surface area contributed by atoms with E-state index in [-0.39, 0.29) is 29.5 Å². The van der Waals surface area contributed by atoms with Gasteiger partial charge < -0.3 is 14.4 Å². The maximum absolute atomic E-state index is 14.7. The molecule has 2 fully saturated rings. The Labute approximate surface area is 182 Å². The maximum Gasteiger partial charge on any atom is 0.274 e. The third-order valence-corrected chi connectivity index (χ3v) is 6.78. The van der Waals surface area contributed by atoms with Crippen molar-refractivity contribution in [2.24, 2.45) is 0 Å². The number of rotatable bonds is 2. The normalized spacial score (nSPS) is 28.2. The van der Waals surface area contributed by atoms with E-state index in [9.17, 15) is 9.18 Å². The summed E-state index contributed by atoms with van der Waals surface area (Å²) in [4.78, 5) is 15.6. The Morgan fingerprint density at radius 2 is 2.10 bits per heavy atom. The predicted octanol–water partition coefficient (Wildman–Crippen LogP) is 3.61. The molecular formula is C24H30FN3O3. The van der Waals surface area contributed by atoms with Crippen LogP contribution in [-0.2, 0) is 22.3 Å². The molecule has 6 nitrogen and oxygen atoms in total. The molecule has 3 unspecified atom stereocenters. The molecule has 1 aliphatic carbocycles. The van der Waals surface area contributed by atoms with E-state index in [1.165, 1.54) is 6.07 Å². The highest BCUT2D eigenvalue weighted by molar-refractivity contribution is 5.94. The average molecular weight is 428 g/mol. The minimum absolute atomic E-state index is 0.0484. The highest BCUT2D eigenvalue weighted by atomic mass is 19.1. The van der Waals surface area contributed by atoms with E-state index in [4.69, 9.17) is 9.47 Å². The van der Waals surface area contributed by atoms with Gasteiger partial charge in [-0.2, -0.15) is 5.10 Å². The third-order valence-electron chi connectivity index (χ3n) is 6.78. The minimum Gasteiger partial charge on any atom is -0.378 e. The molecule has 0 radical (unpaired) electrons. The van der Waals surface area contributed by atoms with Gasteiger partial charge in [0, 0.05) is 37.3 Å². The molecule has 1 aromatic heterocycles. The number of aryl methyl sites for hydroxylation is 1. The second-order valence-corrected chi connectivity index (χ2v) is 9.43. The fourth-order valence-electron chi connectivity index (χ4n) is 5.50. The summed E-state index contributed by atoms with van der Waals surface area (Å²) in [7, 11) is 0. The first-order chi connectivity index (χ1) is 14.8. The molecule has 3 aliphatic rings. The van der Waals surface area contributed by atoms with Gasteiger partial charge in [0.05, 0.1) is 24.4 Å². The lowest BCUT2D eigenvalue weighted by atomic mass is 9.88. The van der Waals surface area contributed by atoms with Crippen LogP contribution in [0, 0.1) is 12.7 Å². The van der Waals surface area contributed by atoms with Crippen molar-refractivity contribution in [3.8, 4) is 5.69 Å². The van der Waals surface area contributed by atoms with Crippen molar-refractivity contribution in [1.82, 2.24) is 14.7 Å². The zero-order valence-electron chi connectivity index (χ0n) is 18.5. The molecule has 2 aromatic rings. The molecule has 1 amide bonds. The Balaban J connectivity index is 1.48. The van der Waals surface area contributed by atoms with Gasteiger partial charge in [0.15, 0.2) is 5.69 Å². The standard InChI is InChI=1S/C24H30FN3O3/c1-15-7-8-21(19(25)11-15)28-20-6-4-5-18(20)22(26-28)23(29)27-13-17(3)31-24(14-27)9-10-30-16(2)12-24/h7-8,11,16-17H,4-6,9-10,12-14H2,1-3H3. The molecule has 2 saturated heterocycles. The lowest BCUT2D eigenvalue weighted by molar-refractivity contribution is -0.189. The molecule has 1 spiro atoms. The lowest BCUT2D eigenvalue weighted by Gasteiger charge is -2.48. The van der Waals surface area contributed by atoms with Crippen molar-refractivity contribution in [1.29, 1.82) is 0 Å². The summed E-state index contributed by atoms with van der Waals surface area (Å²) in [6.45, 7) is 7.67. The fourth-order valence-corrected chi connectivity index (χ4v) is 5.50. The van der Waals surface area contributed by atoms with Gasteiger partial charge in [-0.25, -0.2) is 9.07 Å². The van der Waals surface area contributed by atoms with E-state index in [2.05, 4.69) is 12.0 Å². The number of aromatic nitrogens is 2. The molecule has 166 valence electrons. The molecule has 3 atom stereocenters. The Morgan fingerprint density at radius 1 is 1.26 bits per heavy atom. The van der Waals surface area contributed by atoms with Gasteiger partial charge >= 0.3 is 0 Å². The molecule has 2 aliphatic heterocycles. The average Bonchev–Trinajstić information content (AvgIpc) is 3.30. The summed E-state index contributed by atoms with van der Waals surface area (Å²) in [6.07, 6.45) is 4.20.